The van der Waals surface area contributed by atoms with E-state index < -0.39 is 11.7 Å². The van der Waals surface area contributed by atoms with E-state index in [1.807, 2.05) is 13.0 Å². The number of benzene rings is 2. The smallest absolute Gasteiger partial charge is 0.271 e. The van der Waals surface area contributed by atoms with Crippen LogP contribution in [0.3, 0.4) is 0 Å². The summed E-state index contributed by atoms with van der Waals surface area (Å²) in [4.78, 5) is 12.1. The van der Waals surface area contributed by atoms with Gasteiger partial charge in [0.05, 0.1) is 19.9 Å². The third-order valence-corrected chi connectivity index (χ3v) is 3.45. The van der Waals surface area contributed by atoms with E-state index in [1.54, 1.807) is 26.4 Å². The number of methoxy groups -OCH3 is 2. The van der Waals surface area contributed by atoms with Crippen LogP contribution in [0.15, 0.2) is 47.6 Å². The van der Waals surface area contributed by atoms with E-state index in [2.05, 4.69) is 10.5 Å². The lowest BCUT2D eigenvalue weighted by Gasteiger charge is -2.11. The molecule has 5 nitrogen and oxygen atoms in total. The maximum absolute atomic E-state index is 12.9. The van der Waals surface area contributed by atoms with Crippen LogP contribution < -0.4 is 14.9 Å². The summed E-state index contributed by atoms with van der Waals surface area (Å²) in [5, 5.41) is 4.18. The van der Waals surface area contributed by atoms with E-state index in [0.717, 1.165) is 5.56 Å². The Kier molecular flexibility index (Phi) is 5.89. The third kappa shape index (κ3) is 4.10. The number of hydrazone groups is 1. The number of nitrogens with one attached hydrogen (secondary N) is 1. The Labute approximate surface area is 140 Å². The maximum atomic E-state index is 12.9. The first-order chi connectivity index (χ1) is 11.6. The fourth-order valence-corrected chi connectivity index (χ4v) is 2.15. The number of hydrogen-bond acceptors (Lipinski definition) is 4. The summed E-state index contributed by atoms with van der Waals surface area (Å²) >= 11 is 0. The minimum absolute atomic E-state index is 0.331. The number of rotatable bonds is 6. The molecule has 0 aromatic heterocycles. The predicted octanol–water partition coefficient (Wildman–Crippen LogP) is 3.39. The molecule has 0 aliphatic heterocycles. The van der Waals surface area contributed by atoms with E-state index in [0.29, 0.717) is 29.2 Å². The fraction of sp³-hybridized carbons (Fsp3) is 0.222. The average molecular weight is 330 g/mol. The van der Waals surface area contributed by atoms with Crippen LogP contribution in [0.5, 0.6) is 11.5 Å². The second-order valence-electron chi connectivity index (χ2n) is 4.93. The van der Waals surface area contributed by atoms with Gasteiger partial charge in [-0.3, -0.25) is 4.79 Å². The van der Waals surface area contributed by atoms with E-state index in [4.69, 9.17) is 9.47 Å². The van der Waals surface area contributed by atoms with Crippen LogP contribution in [0.2, 0.25) is 0 Å². The Morgan fingerprint density at radius 3 is 2.42 bits per heavy atom. The summed E-state index contributed by atoms with van der Waals surface area (Å²) in [5.74, 6) is 0.466. The molecule has 0 radical (unpaired) electrons. The minimum Gasteiger partial charge on any atom is -0.497 e. The molecular formula is C18H19FN2O3. The summed E-state index contributed by atoms with van der Waals surface area (Å²) in [6.07, 6.45) is 0.590. The molecule has 0 heterocycles. The highest BCUT2D eigenvalue weighted by Gasteiger charge is 2.11. The first kappa shape index (κ1) is 17.5. The van der Waals surface area contributed by atoms with Crippen LogP contribution in [0.4, 0.5) is 4.39 Å². The van der Waals surface area contributed by atoms with Gasteiger partial charge in [-0.1, -0.05) is 6.92 Å². The standard InChI is InChI=1S/C18H19FN2O3/c1-4-16(15-10-9-14(23-2)11-17(15)24-3)20-21-18(22)12-5-7-13(19)8-6-12/h5-11H,4H2,1-3H3,(H,21,22)/b20-16-. The third-order valence-electron chi connectivity index (χ3n) is 3.45. The molecule has 0 atom stereocenters. The van der Waals surface area contributed by atoms with Gasteiger partial charge in [0.1, 0.15) is 17.3 Å². The maximum Gasteiger partial charge on any atom is 0.271 e. The fourth-order valence-electron chi connectivity index (χ4n) is 2.15. The normalized spacial score (nSPS) is 11.1. The van der Waals surface area contributed by atoms with Crippen molar-refractivity contribution in [2.24, 2.45) is 5.10 Å². The number of ether oxygens (including phenoxy) is 2. The van der Waals surface area contributed by atoms with Crippen LogP contribution in [0.1, 0.15) is 29.3 Å². The molecule has 2 aromatic rings. The second-order valence-corrected chi connectivity index (χ2v) is 4.93. The molecule has 6 heteroatoms. The highest BCUT2D eigenvalue weighted by Crippen LogP contribution is 2.25. The molecule has 0 unspecified atom stereocenters. The van der Waals surface area contributed by atoms with Crippen LogP contribution in [-0.2, 0) is 0 Å². The van der Waals surface area contributed by atoms with Crippen molar-refractivity contribution in [3.05, 3.63) is 59.4 Å². The van der Waals surface area contributed by atoms with E-state index in [9.17, 15) is 9.18 Å². The lowest BCUT2D eigenvalue weighted by molar-refractivity contribution is 0.0954. The zero-order chi connectivity index (χ0) is 17.5. The van der Waals surface area contributed by atoms with Gasteiger partial charge in [-0.15, -0.1) is 0 Å². The lowest BCUT2D eigenvalue weighted by atomic mass is 10.1. The molecule has 0 fully saturated rings. The molecule has 24 heavy (non-hydrogen) atoms. The molecule has 2 rings (SSSR count). The Balaban J connectivity index is 2.23. The highest BCUT2D eigenvalue weighted by molar-refractivity contribution is 6.04. The molecule has 126 valence electrons. The van der Waals surface area contributed by atoms with Crippen LogP contribution in [0.25, 0.3) is 0 Å². The van der Waals surface area contributed by atoms with Crippen LogP contribution in [0, 0.1) is 5.82 Å². The van der Waals surface area contributed by atoms with Crippen LogP contribution >= 0.6 is 0 Å². The average Bonchev–Trinajstić information content (AvgIpc) is 2.62. The van der Waals surface area contributed by atoms with Gasteiger partial charge < -0.3 is 9.47 Å². The topological polar surface area (TPSA) is 59.9 Å². The molecular weight excluding hydrogens is 311 g/mol. The molecule has 0 aliphatic rings. The highest BCUT2D eigenvalue weighted by atomic mass is 19.1. The Morgan fingerprint density at radius 2 is 1.83 bits per heavy atom. The van der Waals surface area contributed by atoms with Gasteiger partial charge >= 0.3 is 0 Å². The molecule has 1 N–H and O–H groups in total. The van der Waals surface area contributed by atoms with E-state index in [1.165, 1.54) is 24.3 Å². The number of carbonyl (C=O) groups is 1. The number of carbonyl (C=O) groups excluding carboxylic acids is 1. The van der Waals surface area contributed by atoms with Gasteiger partial charge in [0.25, 0.3) is 5.91 Å². The number of amides is 1. The number of nitrogens with zero attached hydrogens (tertiary/aromatic N) is 1. The number of hydrogen-bond donors (Lipinski definition) is 1. The van der Waals surface area contributed by atoms with Crippen molar-refractivity contribution in [3.63, 3.8) is 0 Å². The van der Waals surface area contributed by atoms with Gasteiger partial charge in [-0.25, -0.2) is 9.82 Å². The van der Waals surface area contributed by atoms with Crippen molar-refractivity contribution in [2.75, 3.05) is 14.2 Å². The molecule has 0 spiro atoms. The molecule has 0 saturated heterocycles. The molecule has 1 amide bonds. The molecule has 0 bridgehead atoms. The zero-order valence-electron chi connectivity index (χ0n) is 13.8. The van der Waals surface area contributed by atoms with Gasteiger partial charge in [0.2, 0.25) is 0 Å². The molecule has 0 aliphatic carbocycles. The lowest BCUT2D eigenvalue weighted by Crippen LogP contribution is -2.20. The first-order valence-corrected chi connectivity index (χ1v) is 7.44. The summed E-state index contributed by atoms with van der Waals surface area (Å²) in [7, 11) is 3.13. The first-order valence-electron chi connectivity index (χ1n) is 7.44. The molecule has 2 aromatic carbocycles. The van der Waals surface area contributed by atoms with Gasteiger partial charge in [-0.05, 0) is 42.8 Å². The summed E-state index contributed by atoms with van der Waals surface area (Å²) in [6.45, 7) is 1.92. The van der Waals surface area contributed by atoms with Crippen molar-refractivity contribution in [3.8, 4) is 11.5 Å². The summed E-state index contributed by atoms with van der Waals surface area (Å²) in [5.41, 5.74) is 4.24. The summed E-state index contributed by atoms with van der Waals surface area (Å²) < 4.78 is 23.4. The van der Waals surface area contributed by atoms with Crippen molar-refractivity contribution >= 4 is 11.6 Å². The summed E-state index contributed by atoms with van der Waals surface area (Å²) in [6, 6.07) is 10.6. The van der Waals surface area contributed by atoms with Crippen molar-refractivity contribution in [1.29, 1.82) is 0 Å². The van der Waals surface area contributed by atoms with Gasteiger partial charge in [0, 0.05) is 17.2 Å². The van der Waals surface area contributed by atoms with E-state index >= 15 is 0 Å². The minimum atomic E-state index is -0.409. The van der Waals surface area contributed by atoms with E-state index in [-0.39, 0.29) is 0 Å². The number of halogens is 1. The van der Waals surface area contributed by atoms with Crippen LogP contribution in [-0.4, -0.2) is 25.8 Å². The zero-order valence-corrected chi connectivity index (χ0v) is 13.8. The quantitative estimate of drug-likeness (QED) is 0.652. The SMILES string of the molecule is CC/C(=N/NC(=O)c1ccc(F)cc1)c1ccc(OC)cc1OC. The van der Waals surface area contributed by atoms with Crippen molar-refractivity contribution < 1.29 is 18.7 Å². The second kappa shape index (κ2) is 8.10. The predicted molar refractivity (Wildman–Crippen MR) is 90.2 cm³/mol. The van der Waals surface area contributed by atoms with Crippen molar-refractivity contribution in [1.82, 2.24) is 5.43 Å². The monoisotopic (exact) mass is 330 g/mol. The molecule has 0 saturated carbocycles. The Bertz CT molecular complexity index is 742. The largest absolute Gasteiger partial charge is 0.497 e. The Morgan fingerprint density at radius 1 is 1.12 bits per heavy atom. The van der Waals surface area contributed by atoms with Crippen molar-refractivity contribution in [2.45, 2.75) is 13.3 Å². The Hall–Kier alpha value is -2.89. The van der Waals surface area contributed by atoms with Gasteiger partial charge in [0.15, 0.2) is 0 Å². The van der Waals surface area contributed by atoms with Gasteiger partial charge in [-0.2, -0.15) is 5.10 Å².